The Bertz CT molecular complexity index is 522. The Morgan fingerprint density at radius 2 is 1.94 bits per heavy atom. The lowest BCUT2D eigenvalue weighted by Gasteiger charge is -2.09. The minimum atomic E-state index is 0.547. The van der Waals surface area contributed by atoms with E-state index >= 15 is 0 Å². The molecular weight excluding hydrogens is 246 g/mol. The summed E-state index contributed by atoms with van der Waals surface area (Å²) in [5.41, 5.74) is 4.89. The topological polar surface area (TPSA) is 12.9 Å². The third kappa shape index (κ3) is 2.55. The normalized spacial score (nSPS) is 11.2. The molecule has 0 aliphatic rings. The van der Waals surface area contributed by atoms with Crippen LogP contribution in [0, 0.1) is 13.8 Å². The predicted octanol–water partition coefficient (Wildman–Crippen LogP) is 4.84. The number of rotatable bonds is 2. The van der Waals surface area contributed by atoms with Crippen molar-refractivity contribution >= 4 is 24.0 Å². The molecule has 0 unspecified atom stereocenters. The van der Waals surface area contributed by atoms with Crippen LogP contribution in [0.15, 0.2) is 22.4 Å². The van der Waals surface area contributed by atoms with Crippen molar-refractivity contribution in [3.8, 4) is 10.6 Å². The fourth-order valence-electron chi connectivity index (χ4n) is 1.73. The third-order valence-electron chi connectivity index (χ3n) is 2.93. The lowest BCUT2D eigenvalue weighted by Crippen LogP contribution is -1.90. The van der Waals surface area contributed by atoms with Crippen molar-refractivity contribution in [1.29, 1.82) is 0 Å². The summed E-state index contributed by atoms with van der Waals surface area (Å²) >= 11 is 6.08. The molecule has 0 aliphatic carbocycles. The Kier molecular flexibility index (Phi) is 3.59. The van der Waals surface area contributed by atoms with E-state index in [0.29, 0.717) is 5.92 Å². The first-order valence-corrected chi connectivity index (χ1v) is 7.02. The second-order valence-electron chi connectivity index (χ2n) is 4.64. The summed E-state index contributed by atoms with van der Waals surface area (Å²) in [5.74, 6) is 0.547. The molecule has 0 saturated carbocycles. The van der Waals surface area contributed by atoms with Crippen molar-refractivity contribution in [3.05, 3.63) is 35.0 Å². The lowest BCUT2D eigenvalue weighted by atomic mass is 9.98. The third-order valence-corrected chi connectivity index (χ3v) is 4.52. The molecular formula is C14H17NS2. The van der Waals surface area contributed by atoms with E-state index in [2.05, 4.69) is 56.6 Å². The fourth-order valence-corrected chi connectivity index (χ4v) is 2.93. The van der Waals surface area contributed by atoms with E-state index in [0.717, 1.165) is 14.9 Å². The van der Waals surface area contributed by atoms with Crippen LogP contribution in [0.2, 0.25) is 0 Å². The molecule has 0 radical (unpaired) electrons. The Morgan fingerprint density at radius 3 is 2.47 bits per heavy atom. The smallest absolute Gasteiger partial charge is 0.124 e. The van der Waals surface area contributed by atoms with Crippen LogP contribution in [0.25, 0.3) is 10.6 Å². The lowest BCUT2D eigenvalue weighted by molar-refractivity contribution is 0.866. The molecule has 2 rings (SSSR count). The first-order valence-electron chi connectivity index (χ1n) is 5.76. The van der Waals surface area contributed by atoms with Crippen molar-refractivity contribution in [2.24, 2.45) is 0 Å². The predicted molar refractivity (Wildman–Crippen MR) is 78.4 cm³/mol. The molecule has 3 heteroatoms. The maximum Gasteiger partial charge on any atom is 0.124 e. The van der Waals surface area contributed by atoms with Gasteiger partial charge in [-0.2, -0.15) is 0 Å². The number of hydrogen-bond donors (Lipinski definition) is 1. The fraction of sp³-hybridized carbons (Fsp3) is 0.357. The molecule has 0 N–H and O–H groups in total. The van der Waals surface area contributed by atoms with Gasteiger partial charge in [0.2, 0.25) is 0 Å². The largest absolute Gasteiger partial charge is 0.240 e. The Morgan fingerprint density at radius 1 is 1.24 bits per heavy atom. The number of thiol groups is 1. The zero-order valence-corrected chi connectivity index (χ0v) is 12.3. The number of benzene rings is 1. The summed E-state index contributed by atoms with van der Waals surface area (Å²) in [5, 5.41) is 1.08. The van der Waals surface area contributed by atoms with Gasteiger partial charge in [-0.3, -0.25) is 0 Å². The highest BCUT2D eigenvalue weighted by molar-refractivity contribution is 7.83. The number of nitrogens with zero attached hydrogens (tertiary/aromatic N) is 1. The summed E-state index contributed by atoms with van der Waals surface area (Å²) in [6, 6.07) is 6.64. The van der Waals surface area contributed by atoms with E-state index in [-0.39, 0.29) is 0 Å². The van der Waals surface area contributed by atoms with Gasteiger partial charge in [-0.15, -0.1) is 24.0 Å². The SMILES string of the molecule is Cc1ccc(C(C)C)cc1-c1nc(C)c(S)s1. The highest BCUT2D eigenvalue weighted by Crippen LogP contribution is 2.33. The summed E-state index contributed by atoms with van der Waals surface area (Å²) in [4.78, 5) is 4.58. The highest BCUT2D eigenvalue weighted by Gasteiger charge is 2.11. The van der Waals surface area contributed by atoms with Crippen LogP contribution in [0.3, 0.4) is 0 Å². The zero-order chi connectivity index (χ0) is 12.6. The zero-order valence-electron chi connectivity index (χ0n) is 10.6. The van der Waals surface area contributed by atoms with Crippen molar-refractivity contribution < 1.29 is 0 Å². The quantitative estimate of drug-likeness (QED) is 0.765. The first-order chi connectivity index (χ1) is 7.99. The van der Waals surface area contributed by atoms with Gasteiger partial charge in [0, 0.05) is 5.56 Å². The molecule has 0 amide bonds. The van der Waals surface area contributed by atoms with Gasteiger partial charge in [0.15, 0.2) is 0 Å². The second kappa shape index (κ2) is 4.83. The van der Waals surface area contributed by atoms with Gasteiger partial charge < -0.3 is 0 Å². The monoisotopic (exact) mass is 263 g/mol. The molecule has 0 atom stereocenters. The van der Waals surface area contributed by atoms with Crippen LogP contribution in [-0.4, -0.2) is 4.98 Å². The summed E-state index contributed by atoms with van der Waals surface area (Å²) in [7, 11) is 0. The maximum absolute atomic E-state index is 4.58. The molecule has 0 bridgehead atoms. The van der Waals surface area contributed by atoms with E-state index in [1.165, 1.54) is 16.7 Å². The van der Waals surface area contributed by atoms with E-state index < -0.39 is 0 Å². The molecule has 0 aliphatic heterocycles. The standard InChI is InChI=1S/C14H17NS2/c1-8(2)11-6-5-9(3)12(7-11)13-15-10(4)14(16)17-13/h5-8,16H,1-4H3. The summed E-state index contributed by atoms with van der Waals surface area (Å²) in [6.45, 7) is 8.56. The van der Waals surface area contributed by atoms with Crippen LogP contribution in [0.4, 0.5) is 0 Å². The van der Waals surface area contributed by atoms with Gasteiger partial charge in [-0.25, -0.2) is 4.98 Å². The van der Waals surface area contributed by atoms with Crippen LogP contribution in [0.1, 0.15) is 36.6 Å². The Balaban J connectivity index is 2.54. The molecule has 1 aromatic heterocycles. The van der Waals surface area contributed by atoms with Crippen LogP contribution in [0.5, 0.6) is 0 Å². The minimum absolute atomic E-state index is 0.547. The van der Waals surface area contributed by atoms with Gasteiger partial charge in [-0.05, 0) is 37.0 Å². The number of thiazole rings is 1. The van der Waals surface area contributed by atoms with Crippen molar-refractivity contribution in [2.45, 2.75) is 37.8 Å². The van der Waals surface area contributed by atoms with Gasteiger partial charge in [0.25, 0.3) is 0 Å². The molecule has 0 fully saturated rings. The average Bonchev–Trinajstić information content (AvgIpc) is 2.59. The van der Waals surface area contributed by atoms with Gasteiger partial charge in [0.05, 0.1) is 9.90 Å². The van der Waals surface area contributed by atoms with E-state index in [1.807, 2.05) is 6.92 Å². The van der Waals surface area contributed by atoms with Crippen LogP contribution in [-0.2, 0) is 0 Å². The first kappa shape index (κ1) is 12.7. The maximum atomic E-state index is 4.58. The van der Waals surface area contributed by atoms with Gasteiger partial charge in [0.1, 0.15) is 5.01 Å². The van der Waals surface area contributed by atoms with Gasteiger partial charge in [-0.1, -0.05) is 26.0 Å². The molecule has 0 spiro atoms. The molecule has 1 aromatic carbocycles. The number of hydrogen-bond acceptors (Lipinski definition) is 3. The molecule has 90 valence electrons. The number of aromatic nitrogens is 1. The van der Waals surface area contributed by atoms with Crippen molar-refractivity contribution in [3.63, 3.8) is 0 Å². The minimum Gasteiger partial charge on any atom is -0.240 e. The average molecular weight is 263 g/mol. The molecule has 1 heterocycles. The van der Waals surface area contributed by atoms with E-state index in [1.54, 1.807) is 11.3 Å². The molecule has 0 saturated heterocycles. The van der Waals surface area contributed by atoms with Gasteiger partial charge >= 0.3 is 0 Å². The molecule has 2 aromatic rings. The van der Waals surface area contributed by atoms with Crippen LogP contribution >= 0.6 is 24.0 Å². The molecule has 17 heavy (non-hydrogen) atoms. The van der Waals surface area contributed by atoms with E-state index in [4.69, 9.17) is 0 Å². The second-order valence-corrected chi connectivity index (χ2v) is 6.39. The number of aryl methyl sites for hydroxylation is 2. The van der Waals surface area contributed by atoms with Crippen LogP contribution < -0.4 is 0 Å². The highest BCUT2D eigenvalue weighted by atomic mass is 32.2. The molecule has 1 nitrogen and oxygen atoms in total. The summed E-state index contributed by atoms with van der Waals surface area (Å²) in [6.07, 6.45) is 0. The summed E-state index contributed by atoms with van der Waals surface area (Å²) < 4.78 is 1.01. The van der Waals surface area contributed by atoms with Crippen molar-refractivity contribution in [2.75, 3.05) is 0 Å². The van der Waals surface area contributed by atoms with E-state index in [9.17, 15) is 0 Å². The Labute approximate surface area is 112 Å². The Hall–Kier alpha value is -0.800. The van der Waals surface area contributed by atoms with Crippen molar-refractivity contribution in [1.82, 2.24) is 4.98 Å².